The molecule has 0 aromatic carbocycles. The van der Waals surface area contributed by atoms with Crippen molar-refractivity contribution in [2.75, 3.05) is 11.9 Å². The molecule has 3 N–H and O–H groups in total. The molecule has 0 saturated carbocycles. The van der Waals surface area contributed by atoms with E-state index in [1.165, 1.54) is 0 Å². The maximum absolute atomic E-state index is 5.57. The molecule has 4 nitrogen and oxygen atoms in total. The fraction of sp³-hybridized carbons (Fsp3) is 0.636. The summed E-state index contributed by atoms with van der Waals surface area (Å²) in [6, 6.07) is 2.37. The SMILES string of the molecule is Cc1cnnc(NC(CCN)C(C)C)c1. The van der Waals surface area contributed by atoms with Crippen LogP contribution in [0.2, 0.25) is 0 Å². The zero-order valence-electron chi connectivity index (χ0n) is 9.70. The van der Waals surface area contributed by atoms with Crippen molar-refractivity contribution in [2.45, 2.75) is 33.2 Å². The molecule has 1 aromatic rings. The van der Waals surface area contributed by atoms with Crippen LogP contribution < -0.4 is 11.1 Å². The van der Waals surface area contributed by atoms with Crippen molar-refractivity contribution in [3.05, 3.63) is 17.8 Å². The molecule has 1 heterocycles. The third kappa shape index (κ3) is 3.83. The fourth-order valence-electron chi connectivity index (χ4n) is 1.48. The third-order valence-corrected chi connectivity index (χ3v) is 2.41. The lowest BCUT2D eigenvalue weighted by molar-refractivity contribution is 0.497. The standard InChI is InChI=1S/C11H20N4/c1-8(2)10(4-5-12)14-11-6-9(3)7-13-15-11/h6-8,10H,4-5,12H2,1-3H3,(H,14,15). The molecular formula is C11H20N4. The van der Waals surface area contributed by atoms with Crippen LogP contribution in [-0.4, -0.2) is 22.8 Å². The van der Waals surface area contributed by atoms with Crippen LogP contribution in [0, 0.1) is 12.8 Å². The summed E-state index contributed by atoms with van der Waals surface area (Å²) in [7, 11) is 0. The van der Waals surface area contributed by atoms with E-state index in [1.54, 1.807) is 6.20 Å². The molecule has 4 heteroatoms. The topological polar surface area (TPSA) is 63.8 Å². The Morgan fingerprint density at radius 3 is 2.73 bits per heavy atom. The molecule has 0 amide bonds. The minimum Gasteiger partial charge on any atom is -0.366 e. The molecule has 0 bridgehead atoms. The molecular weight excluding hydrogens is 188 g/mol. The van der Waals surface area contributed by atoms with Crippen LogP contribution in [0.15, 0.2) is 12.3 Å². The summed E-state index contributed by atoms with van der Waals surface area (Å²) in [6.45, 7) is 7.05. The predicted molar refractivity (Wildman–Crippen MR) is 62.7 cm³/mol. The van der Waals surface area contributed by atoms with E-state index >= 15 is 0 Å². The molecule has 15 heavy (non-hydrogen) atoms. The monoisotopic (exact) mass is 208 g/mol. The molecule has 84 valence electrons. The van der Waals surface area contributed by atoms with Gasteiger partial charge in [0.1, 0.15) is 5.82 Å². The van der Waals surface area contributed by atoms with Gasteiger partial charge in [0.05, 0.1) is 6.20 Å². The van der Waals surface area contributed by atoms with E-state index in [2.05, 4.69) is 29.4 Å². The molecule has 0 saturated heterocycles. The number of nitrogens with one attached hydrogen (secondary N) is 1. The van der Waals surface area contributed by atoms with Gasteiger partial charge >= 0.3 is 0 Å². The van der Waals surface area contributed by atoms with E-state index in [0.717, 1.165) is 17.8 Å². The van der Waals surface area contributed by atoms with Gasteiger partial charge < -0.3 is 11.1 Å². The zero-order valence-corrected chi connectivity index (χ0v) is 9.70. The van der Waals surface area contributed by atoms with Crippen LogP contribution in [0.4, 0.5) is 5.82 Å². The summed E-state index contributed by atoms with van der Waals surface area (Å²) in [6.07, 6.45) is 2.70. The lowest BCUT2D eigenvalue weighted by atomic mass is 10.0. The first-order valence-corrected chi connectivity index (χ1v) is 5.39. The average molecular weight is 208 g/mol. The lowest BCUT2D eigenvalue weighted by Gasteiger charge is -2.22. The lowest BCUT2D eigenvalue weighted by Crippen LogP contribution is -2.29. The largest absolute Gasteiger partial charge is 0.366 e. The number of aromatic nitrogens is 2. The summed E-state index contributed by atoms with van der Waals surface area (Å²) in [5.74, 6) is 1.37. The number of aryl methyl sites for hydroxylation is 1. The Morgan fingerprint density at radius 2 is 2.20 bits per heavy atom. The van der Waals surface area contributed by atoms with Crippen LogP contribution in [-0.2, 0) is 0 Å². The molecule has 0 spiro atoms. The van der Waals surface area contributed by atoms with Crippen molar-refractivity contribution in [1.29, 1.82) is 0 Å². The average Bonchev–Trinajstić information content (AvgIpc) is 2.17. The molecule has 1 unspecified atom stereocenters. The number of hydrogen-bond donors (Lipinski definition) is 2. The van der Waals surface area contributed by atoms with Gasteiger partial charge in [0, 0.05) is 6.04 Å². The van der Waals surface area contributed by atoms with Crippen LogP contribution >= 0.6 is 0 Å². The minimum absolute atomic E-state index is 0.367. The molecule has 0 aliphatic heterocycles. The number of anilines is 1. The van der Waals surface area contributed by atoms with Gasteiger partial charge in [0.15, 0.2) is 0 Å². The van der Waals surface area contributed by atoms with Gasteiger partial charge in [-0.15, -0.1) is 5.10 Å². The van der Waals surface area contributed by atoms with Crippen LogP contribution in [0.3, 0.4) is 0 Å². The van der Waals surface area contributed by atoms with Crippen molar-refractivity contribution in [1.82, 2.24) is 10.2 Å². The van der Waals surface area contributed by atoms with Crippen LogP contribution in [0.25, 0.3) is 0 Å². The Balaban J connectivity index is 2.65. The minimum atomic E-state index is 0.367. The van der Waals surface area contributed by atoms with Crippen LogP contribution in [0.5, 0.6) is 0 Å². The van der Waals surface area contributed by atoms with Crippen molar-refractivity contribution in [3.8, 4) is 0 Å². The van der Waals surface area contributed by atoms with Crippen molar-refractivity contribution >= 4 is 5.82 Å². The van der Waals surface area contributed by atoms with Crippen molar-refractivity contribution < 1.29 is 0 Å². The molecule has 1 aromatic heterocycles. The zero-order chi connectivity index (χ0) is 11.3. The van der Waals surface area contributed by atoms with Gasteiger partial charge in [-0.05, 0) is 37.4 Å². The summed E-state index contributed by atoms with van der Waals surface area (Å²) in [5.41, 5.74) is 6.69. The smallest absolute Gasteiger partial charge is 0.149 e. The first-order valence-electron chi connectivity index (χ1n) is 5.39. The Morgan fingerprint density at radius 1 is 1.47 bits per heavy atom. The predicted octanol–water partition coefficient (Wildman–Crippen LogP) is 1.57. The summed E-state index contributed by atoms with van der Waals surface area (Å²) >= 11 is 0. The second-order valence-electron chi connectivity index (χ2n) is 4.19. The summed E-state index contributed by atoms with van der Waals surface area (Å²) in [5, 5.41) is 11.3. The Kier molecular flexibility index (Phi) is 4.49. The molecule has 0 aliphatic carbocycles. The highest BCUT2D eigenvalue weighted by Crippen LogP contribution is 2.12. The molecule has 1 rings (SSSR count). The molecule has 1 atom stereocenters. The quantitative estimate of drug-likeness (QED) is 0.771. The van der Waals surface area contributed by atoms with Crippen LogP contribution in [0.1, 0.15) is 25.8 Å². The molecule has 0 aliphatic rings. The van der Waals surface area contributed by atoms with E-state index in [0.29, 0.717) is 18.5 Å². The van der Waals surface area contributed by atoms with Gasteiger partial charge in [-0.2, -0.15) is 5.10 Å². The van der Waals surface area contributed by atoms with E-state index in [-0.39, 0.29) is 0 Å². The van der Waals surface area contributed by atoms with Crippen molar-refractivity contribution in [2.24, 2.45) is 11.7 Å². The molecule has 0 radical (unpaired) electrons. The number of nitrogens with zero attached hydrogens (tertiary/aromatic N) is 2. The first kappa shape index (κ1) is 11.9. The summed E-state index contributed by atoms with van der Waals surface area (Å²) < 4.78 is 0. The van der Waals surface area contributed by atoms with Crippen molar-refractivity contribution in [3.63, 3.8) is 0 Å². The number of rotatable bonds is 5. The highest BCUT2D eigenvalue weighted by molar-refractivity contribution is 5.36. The van der Waals surface area contributed by atoms with E-state index < -0.39 is 0 Å². The van der Waals surface area contributed by atoms with Gasteiger partial charge in [-0.25, -0.2) is 0 Å². The number of hydrogen-bond acceptors (Lipinski definition) is 4. The third-order valence-electron chi connectivity index (χ3n) is 2.41. The van der Waals surface area contributed by atoms with E-state index in [9.17, 15) is 0 Å². The highest BCUT2D eigenvalue weighted by atomic mass is 15.2. The van der Waals surface area contributed by atoms with Gasteiger partial charge in [-0.1, -0.05) is 13.8 Å². The van der Waals surface area contributed by atoms with Gasteiger partial charge in [0.2, 0.25) is 0 Å². The second-order valence-corrected chi connectivity index (χ2v) is 4.19. The second kappa shape index (κ2) is 5.66. The molecule has 0 fully saturated rings. The number of nitrogens with two attached hydrogens (primary N) is 1. The van der Waals surface area contributed by atoms with E-state index in [1.807, 2.05) is 13.0 Å². The normalized spacial score (nSPS) is 12.9. The maximum Gasteiger partial charge on any atom is 0.149 e. The van der Waals surface area contributed by atoms with E-state index in [4.69, 9.17) is 5.73 Å². The highest BCUT2D eigenvalue weighted by Gasteiger charge is 2.12. The van der Waals surface area contributed by atoms with Gasteiger partial charge in [0.25, 0.3) is 0 Å². The summed E-state index contributed by atoms with van der Waals surface area (Å²) in [4.78, 5) is 0. The maximum atomic E-state index is 5.57. The fourth-order valence-corrected chi connectivity index (χ4v) is 1.48. The Labute approximate surface area is 91.3 Å². The Bertz CT molecular complexity index is 298. The van der Waals surface area contributed by atoms with Gasteiger partial charge in [-0.3, -0.25) is 0 Å². The Hall–Kier alpha value is -1.16. The first-order chi connectivity index (χ1) is 7.13.